The summed E-state index contributed by atoms with van der Waals surface area (Å²) < 4.78 is 7.79. The van der Waals surface area contributed by atoms with Crippen LogP contribution < -0.4 is 5.73 Å². The van der Waals surface area contributed by atoms with Gasteiger partial charge in [-0.3, -0.25) is 9.48 Å². The first-order chi connectivity index (χ1) is 11.4. The molecule has 0 bridgehead atoms. The highest BCUT2D eigenvalue weighted by molar-refractivity contribution is 5.95. The van der Waals surface area contributed by atoms with Crippen LogP contribution in [0.5, 0.6) is 0 Å². The molecule has 0 saturated carbocycles. The minimum Gasteiger partial charge on any atom is -0.378 e. The zero-order chi connectivity index (χ0) is 17.7. The second-order valence-electron chi connectivity index (χ2n) is 7.45. The van der Waals surface area contributed by atoms with Gasteiger partial charge in [-0.15, -0.1) is 0 Å². The molecule has 0 radical (unpaired) electrons. The smallest absolute Gasteiger partial charge is 0.257 e. The van der Waals surface area contributed by atoms with Gasteiger partial charge in [0.15, 0.2) is 0 Å². The number of hydrogen-bond donors (Lipinski definition) is 1. The predicted molar refractivity (Wildman–Crippen MR) is 95.1 cm³/mol. The first kappa shape index (κ1) is 18.9. The molecule has 0 unspecified atom stereocenters. The van der Waals surface area contributed by atoms with Crippen molar-refractivity contribution in [2.75, 3.05) is 26.2 Å². The molecule has 1 saturated heterocycles. The van der Waals surface area contributed by atoms with E-state index in [0.717, 1.165) is 50.0 Å². The number of amides is 1. The van der Waals surface area contributed by atoms with E-state index in [2.05, 4.69) is 32.8 Å². The van der Waals surface area contributed by atoms with E-state index < -0.39 is 0 Å². The number of nitrogens with two attached hydrogens (primary N) is 1. The molecule has 136 valence electrons. The molecule has 6 nitrogen and oxygen atoms in total. The van der Waals surface area contributed by atoms with Gasteiger partial charge in [-0.2, -0.15) is 5.10 Å². The van der Waals surface area contributed by atoms with Gasteiger partial charge in [-0.05, 0) is 53.0 Å². The third-order valence-corrected chi connectivity index (χ3v) is 4.50. The summed E-state index contributed by atoms with van der Waals surface area (Å²) in [7, 11) is 0. The number of ether oxygens (including phenoxy) is 1. The SMILES string of the molecule is CCc1c(C(=O)N2CCC(OCCCN)CC2)cnn1C(C)(C)C. The lowest BCUT2D eigenvalue weighted by atomic mass is 10.0. The summed E-state index contributed by atoms with van der Waals surface area (Å²) >= 11 is 0. The molecule has 0 spiro atoms. The number of nitrogens with zero attached hydrogens (tertiary/aromatic N) is 3. The van der Waals surface area contributed by atoms with Crippen molar-refractivity contribution in [1.29, 1.82) is 0 Å². The van der Waals surface area contributed by atoms with Crippen molar-refractivity contribution in [3.63, 3.8) is 0 Å². The summed E-state index contributed by atoms with van der Waals surface area (Å²) in [4.78, 5) is 14.8. The Bertz CT molecular complexity index is 540. The highest BCUT2D eigenvalue weighted by Gasteiger charge is 2.28. The normalized spacial score (nSPS) is 16.6. The largest absolute Gasteiger partial charge is 0.378 e. The minimum absolute atomic E-state index is 0.0998. The minimum atomic E-state index is -0.117. The van der Waals surface area contributed by atoms with Crippen LogP contribution in [-0.2, 0) is 16.7 Å². The summed E-state index contributed by atoms with van der Waals surface area (Å²) in [5, 5.41) is 4.47. The number of piperidine rings is 1. The number of hydrogen-bond acceptors (Lipinski definition) is 4. The van der Waals surface area contributed by atoms with E-state index in [1.54, 1.807) is 6.20 Å². The van der Waals surface area contributed by atoms with E-state index in [4.69, 9.17) is 10.5 Å². The molecule has 1 amide bonds. The average Bonchev–Trinajstić information content (AvgIpc) is 2.99. The molecule has 2 N–H and O–H groups in total. The summed E-state index contributed by atoms with van der Waals surface area (Å²) in [5.41, 5.74) is 7.14. The monoisotopic (exact) mass is 336 g/mol. The molecule has 2 rings (SSSR count). The maximum absolute atomic E-state index is 12.9. The quantitative estimate of drug-likeness (QED) is 0.808. The molecule has 1 aromatic rings. The van der Waals surface area contributed by atoms with Crippen molar-refractivity contribution in [3.05, 3.63) is 17.5 Å². The molecule has 24 heavy (non-hydrogen) atoms. The van der Waals surface area contributed by atoms with Crippen molar-refractivity contribution in [2.24, 2.45) is 5.73 Å². The van der Waals surface area contributed by atoms with Crippen LogP contribution in [0.4, 0.5) is 0 Å². The van der Waals surface area contributed by atoms with Crippen molar-refractivity contribution < 1.29 is 9.53 Å². The van der Waals surface area contributed by atoms with Crippen molar-refractivity contribution in [1.82, 2.24) is 14.7 Å². The third-order valence-electron chi connectivity index (χ3n) is 4.50. The lowest BCUT2D eigenvalue weighted by Gasteiger charge is -2.32. The Balaban J connectivity index is 2.00. The molecule has 1 aliphatic rings. The maximum Gasteiger partial charge on any atom is 0.257 e. The molecular weight excluding hydrogens is 304 g/mol. The zero-order valence-electron chi connectivity index (χ0n) is 15.5. The first-order valence-electron chi connectivity index (χ1n) is 9.06. The van der Waals surface area contributed by atoms with Gasteiger partial charge in [0, 0.05) is 19.7 Å². The standard InChI is InChI=1S/C18H32N4O2/c1-5-16-15(13-20-22(16)18(2,3)4)17(23)21-10-7-14(8-11-21)24-12-6-9-19/h13-14H,5-12,19H2,1-4H3. The van der Waals surface area contributed by atoms with E-state index in [1.807, 2.05) is 9.58 Å². The van der Waals surface area contributed by atoms with E-state index in [-0.39, 0.29) is 17.6 Å². The number of likely N-dealkylation sites (tertiary alicyclic amines) is 1. The van der Waals surface area contributed by atoms with Crippen LogP contribution in [0.2, 0.25) is 0 Å². The van der Waals surface area contributed by atoms with E-state index in [9.17, 15) is 4.79 Å². The van der Waals surface area contributed by atoms with Crippen LogP contribution in [0, 0.1) is 0 Å². The Labute approximate surface area is 145 Å². The molecule has 0 atom stereocenters. The second-order valence-corrected chi connectivity index (χ2v) is 7.45. The lowest BCUT2D eigenvalue weighted by Crippen LogP contribution is -2.41. The second kappa shape index (κ2) is 8.12. The molecule has 0 aromatic carbocycles. The topological polar surface area (TPSA) is 73.4 Å². The molecular formula is C18H32N4O2. The van der Waals surface area contributed by atoms with Gasteiger partial charge >= 0.3 is 0 Å². The van der Waals surface area contributed by atoms with Gasteiger partial charge in [0.25, 0.3) is 5.91 Å². The first-order valence-corrected chi connectivity index (χ1v) is 9.06. The number of aromatic nitrogens is 2. The third kappa shape index (κ3) is 4.36. The summed E-state index contributed by atoms with van der Waals surface area (Å²) in [5.74, 6) is 0.0998. The fourth-order valence-electron chi connectivity index (χ4n) is 3.20. The Morgan fingerprint density at radius 2 is 2.04 bits per heavy atom. The van der Waals surface area contributed by atoms with Crippen molar-refractivity contribution >= 4 is 5.91 Å². The average molecular weight is 336 g/mol. The molecule has 6 heteroatoms. The van der Waals surface area contributed by atoms with Crippen LogP contribution in [0.25, 0.3) is 0 Å². The van der Waals surface area contributed by atoms with E-state index >= 15 is 0 Å². The Morgan fingerprint density at radius 1 is 1.38 bits per heavy atom. The van der Waals surface area contributed by atoms with E-state index in [0.29, 0.717) is 13.2 Å². The van der Waals surface area contributed by atoms with Crippen LogP contribution in [-0.4, -0.2) is 52.9 Å². The predicted octanol–water partition coefficient (Wildman–Crippen LogP) is 2.17. The Hall–Kier alpha value is -1.40. The number of carbonyl (C=O) groups is 1. The van der Waals surface area contributed by atoms with Crippen LogP contribution in [0.3, 0.4) is 0 Å². The van der Waals surface area contributed by atoms with Crippen molar-refractivity contribution in [2.45, 2.75) is 65.0 Å². The van der Waals surface area contributed by atoms with Gasteiger partial charge in [0.2, 0.25) is 0 Å². The number of rotatable bonds is 6. The Morgan fingerprint density at radius 3 is 2.58 bits per heavy atom. The number of carbonyl (C=O) groups excluding carboxylic acids is 1. The van der Waals surface area contributed by atoms with Crippen molar-refractivity contribution in [3.8, 4) is 0 Å². The van der Waals surface area contributed by atoms with Gasteiger partial charge in [-0.25, -0.2) is 0 Å². The molecule has 1 aliphatic heterocycles. The molecule has 1 fully saturated rings. The van der Waals surface area contributed by atoms with E-state index in [1.165, 1.54) is 0 Å². The van der Waals surface area contributed by atoms with Gasteiger partial charge in [-0.1, -0.05) is 6.92 Å². The molecule has 0 aliphatic carbocycles. The van der Waals surface area contributed by atoms with Gasteiger partial charge in [0.1, 0.15) is 0 Å². The van der Waals surface area contributed by atoms with Crippen LogP contribution >= 0.6 is 0 Å². The van der Waals surface area contributed by atoms with Gasteiger partial charge in [0.05, 0.1) is 29.1 Å². The summed E-state index contributed by atoms with van der Waals surface area (Å²) in [6, 6.07) is 0. The summed E-state index contributed by atoms with van der Waals surface area (Å²) in [6.07, 6.45) is 5.47. The fraction of sp³-hybridized carbons (Fsp3) is 0.778. The molecule has 2 heterocycles. The highest BCUT2D eigenvalue weighted by Crippen LogP contribution is 2.23. The van der Waals surface area contributed by atoms with Crippen LogP contribution in [0.15, 0.2) is 6.20 Å². The van der Waals surface area contributed by atoms with Crippen LogP contribution in [0.1, 0.15) is 63.0 Å². The highest BCUT2D eigenvalue weighted by atomic mass is 16.5. The summed E-state index contributed by atoms with van der Waals surface area (Å²) in [6.45, 7) is 11.3. The fourth-order valence-corrected chi connectivity index (χ4v) is 3.20. The maximum atomic E-state index is 12.9. The molecule has 1 aromatic heterocycles. The lowest BCUT2D eigenvalue weighted by molar-refractivity contribution is 0.00841. The zero-order valence-corrected chi connectivity index (χ0v) is 15.5. The van der Waals surface area contributed by atoms with Gasteiger partial charge < -0.3 is 15.4 Å². The Kier molecular flexibility index (Phi) is 6.40.